The molecule has 2 aliphatic rings. The van der Waals surface area contributed by atoms with Gasteiger partial charge in [0.05, 0.1) is 5.69 Å². The van der Waals surface area contributed by atoms with Crippen molar-refractivity contribution in [3.8, 4) is 0 Å². The third-order valence-electron chi connectivity index (χ3n) is 4.91. The Bertz CT molecular complexity index is 422. The lowest BCUT2D eigenvalue weighted by atomic mass is 9.72. The smallest absolute Gasteiger partial charge is 0.0721 e. The third-order valence-corrected chi connectivity index (χ3v) is 4.91. The zero-order chi connectivity index (χ0) is 12.0. The summed E-state index contributed by atoms with van der Waals surface area (Å²) in [5, 5.41) is 4.91. The van der Waals surface area contributed by atoms with Gasteiger partial charge in [0, 0.05) is 18.2 Å². The van der Waals surface area contributed by atoms with Crippen LogP contribution < -0.4 is 0 Å². The molecule has 0 amide bonds. The van der Waals surface area contributed by atoms with Crippen molar-refractivity contribution >= 4 is 0 Å². The van der Waals surface area contributed by atoms with E-state index in [2.05, 4.69) is 25.6 Å². The highest BCUT2D eigenvalue weighted by atomic mass is 15.3. The van der Waals surface area contributed by atoms with Gasteiger partial charge in [-0.05, 0) is 37.2 Å². The highest BCUT2D eigenvalue weighted by Crippen LogP contribution is 2.49. The van der Waals surface area contributed by atoms with Crippen molar-refractivity contribution in [1.82, 2.24) is 9.78 Å². The van der Waals surface area contributed by atoms with E-state index >= 15 is 0 Å². The monoisotopic (exact) mass is 232 g/mol. The molecule has 0 radical (unpaired) electrons. The summed E-state index contributed by atoms with van der Waals surface area (Å²) in [6.45, 7) is 4.59. The first kappa shape index (κ1) is 11.3. The topological polar surface area (TPSA) is 17.8 Å². The predicted molar refractivity (Wildman–Crippen MR) is 70.4 cm³/mol. The number of hydrogen-bond acceptors (Lipinski definition) is 1. The van der Waals surface area contributed by atoms with Crippen molar-refractivity contribution in [2.24, 2.45) is 7.05 Å². The average molecular weight is 232 g/mol. The van der Waals surface area contributed by atoms with Gasteiger partial charge in [-0.25, -0.2) is 0 Å². The van der Waals surface area contributed by atoms with Crippen molar-refractivity contribution < 1.29 is 0 Å². The van der Waals surface area contributed by atoms with Crippen molar-refractivity contribution in [1.29, 1.82) is 0 Å². The Labute approximate surface area is 104 Å². The van der Waals surface area contributed by atoms with Crippen LogP contribution in [-0.2, 0) is 18.9 Å². The van der Waals surface area contributed by atoms with Gasteiger partial charge >= 0.3 is 0 Å². The van der Waals surface area contributed by atoms with Crippen LogP contribution in [0.2, 0.25) is 0 Å². The fourth-order valence-corrected chi connectivity index (χ4v) is 4.17. The van der Waals surface area contributed by atoms with Gasteiger partial charge < -0.3 is 0 Å². The second kappa shape index (κ2) is 3.86. The number of hydrogen-bond donors (Lipinski definition) is 0. The fraction of sp³-hybridized carbons (Fsp3) is 0.800. The number of fused-ring (bicyclic) bond motifs is 2. The molecule has 1 saturated carbocycles. The molecule has 0 N–H and O–H groups in total. The van der Waals surface area contributed by atoms with Crippen LogP contribution in [0.25, 0.3) is 0 Å². The molecule has 1 aromatic heterocycles. The standard InChI is InChI=1S/C15H24N2/c1-11(2)13-12-7-10-15(8-5-4-6-9-15)14(12)16-17(13)3/h11H,4-10H2,1-3H3. The van der Waals surface area contributed by atoms with Gasteiger partial charge in [-0.3, -0.25) is 4.68 Å². The van der Waals surface area contributed by atoms with Gasteiger partial charge in [0.15, 0.2) is 0 Å². The fourth-order valence-electron chi connectivity index (χ4n) is 4.17. The predicted octanol–water partition coefficient (Wildman–Crippen LogP) is 3.69. The quantitative estimate of drug-likeness (QED) is 0.722. The first-order chi connectivity index (χ1) is 8.14. The van der Waals surface area contributed by atoms with Gasteiger partial charge in [0.25, 0.3) is 0 Å². The molecule has 3 rings (SSSR count). The van der Waals surface area contributed by atoms with Crippen molar-refractivity contribution in [3.63, 3.8) is 0 Å². The lowest BCUT2D eigenvalue weighted by molar-refractivity contribution is 0.282. The molecule has 2 heteroatoms. The van der Waals surface area contributed by atoms with Crippen LogP contribution >= 0.6 is 0 Å². The second-order valence-corrected chi connectivity index (χ2v) is 6.33. The molecule has 2 nitrogen and oxygen atoms in total. The largest absolute Gasteiger partial charge is 0.272 e. The van der Waals surface area contributed by atoms with E-state index in [-0.39, 0.29) is 0 Å². The molecular weight excluding hydrogens is 208 g/mol. The molecule has 94 valence electrons. The molecular formula is C15H24N2. The highest BCUT2D eigenvalue weighted by Gasteiger charge is 2.43. The van der Waals surface area contributed by atoms with E-state index in [0.717, 1.165) is 0 Å². The maximum atomic E-state index is 4.91. The molecule has 1 heterocycles. The Kier molecular flexibility index (Phi) is 2.57. The summed E-state index contributed by atoms with van der Waals surface area (Å²) >= 11 is 0. The van der Waals surface area contributed by atoms with Crippen LogP contribution in [0.3, 0.4) is 0 Å². The summed E-state index contributed by atoms with van der Waals surface area (Å²) < 4.78 is 2.16. The highest BCUT2D eigenvalue weighted by molar-refractivity contribution is 5.39. The van der Waals surface area contributed by atoms with Crippen LogP contribution in [0.4, 0.5) is 0 Å². The van der Waals surface area contributed by atoms with Gasteiger partial charge in [-0.15, -0.1) is 0 Å². The van der Waals surface area contributed by atoms with Crippen LogP contribution in [0.15, 0.2) is 0 Å². The molecule has 1 aromatic rings. The summed E-state index contributed by atoms with van der Waals surface area (Å²) in [5.41, 5.74) is 5.04. The summed E-state index contributed by atoms with van der Waals surface area (Å²) in [6, 6.07) is 0. The van der Waals surface area contributed by atoms with Gasteiger partial charge in [0.2, 0.25) is 0 Å². The molecule has 0 unspecified atom stereocenters. The number of aromatic nitrogens is 2. The lowest BCUT2D eigenvalue weighted by Gasteiger charge is -2.32. The Balaban J connectivity index is 2.05. The second-order valence-electron chi connectivity index (χ2n) is 6.33. The average Bonchev–Trinajstić information content (AvgIpc) is 2.79. The molecule has 0 aromatic carbocycles. The molecule has 0 saturated heterocycles. The van der Waals surface area contributed by atoms with Gasteiger partial charge in [0.1, 0.15) is 0 Å². The van der Waals surface area contributed by atoms with E-state index in [0.29, 0.717) is 11.3 Å². The molecule has 1 spiro atoms. The van der Waals surface area contributed by atoms with Gasteiger partial charge in [-0.2, -0.15) is 5.10 Å². The minimum Gasteiger partial charge on any atom is -0.272 e. The van der Waals surface area contributed by atoms with Crippen LogP contribution in [-0.4, -0.2) is 9.78 Å². The Morgan fingerprint density at radius 1 is 1.12 bits per heavy atom. The maximum absolute atomic E-state index is 4.91. The van der Waals surface area contributed by atoms with E-state index in [9.17, 15) is 0 Å². The zero-order valence-corrected chi connectivity index (χ0v) is 11.4. The van der Waals surface area contributed by atoms with E-state index in [4.69, 9.17) is 5.10 Å². The maximum Gasteiger partial charge on any atom is 0.0721 e. The van der Waals surface area contributed by atoms with Crippen molar-refractivity contribution in [3.05, 3.63) is 17.0 Å². The molecule has 1 fully saturated rings. The van der Waals surface area contributed by atoms with E-state index in [1.54, 1.807) is 5.56 Å². The zero-order valence-electron chi connectivity index (χ0n) is 11.4. The van der Waals surface area contributed by atoms with Crippen LogP contribution in [0, 0.1) is 0 Å². The van der Waals surface area contributed by atoms with Gasteiger partial charge in [-0.1, -0.05) is 33.1 Å². The Morgan fingerprint density at radius 2 is 1.82 bits per heavy atom. The van der Waals surface area contributed by atoms with Crippen LogP contribution in [0.5, 0.6) is 0 Å². The minimum absolute atomic E-state index is 0.471. The number of aryl methyl sites for hydroxylation is 1. The first-order valence-corrected chi connectivity index (χ1v) is 7.20. The molecule has 0 atom stereocenters. The summed E-state index contributed by atoms with van der Waals surface area (Å²) in [4.78, 5) is 0. The van der Waals surface area contributed by atoms with E-state index in [1.165, 1.54) is 56.3 Å². The van der Waals surface area contributed by atoms with E-state index < -0.39 is 0 Å². The minimum atomic E-state index is 0.471. The molecule has 0 aliphatic heterocycles. The molecule has 2 aliphatic carbocycles. The Morgan fingerprint density at radius 3 is 2.47 bits per heavy atom. The third kappa shape index (κ3) is 1.56. The van der Waals surface area contributed by atoms with Crippen molar-refractivity contribution in [2.45, 2.75) is 70.1 Å². The number of nitrogens with zero attached hydrogens (tertiary/aromatic N) is 2. The number of rotatable bonds is 1. The van der Waals surface area contributed by atoms with Crippen molar-refractivity contribution in [2.75, 3.05) is 0 Å². The molecule has 0 bridgehead atoms. The lowest BCUT2D eigenvalue weighted by Crippen LogP contribution is -2.27. The SMILES string of the molecule is CC(C)c1c2c(nn1C)C1(CCCCC1)CC2. The summed E-state index contributed by atoms with van der Waals surface area (Å²) in [7, 11) is 2.13. The normalized spacial score (nSPS) is 22.4. The van der Waals surface area contributed by atoms with E-state index in [1.807, 2.05) is 0 Å². The first-order valence-electron chi connectivity index (χ1n) is 7.20. The summed E-state index contributed by atoms with van der Waals surface area (Å²) in [6.07, 6.45) is 9.66. The van der Waals surface area contributed by atoms with Crippen LogP contribution in [0.1, 0.15) is 75.2 Å². The summed E-state index contributed by atoms with van der Waals surface area (Å²) in [5.74, 6) is 0.606. The Hall–Kier alpha value is -0.790. The molecule has 17 heavy (non-hydrogen) atoms.